The Labute approximate surface area is 106 Å². The zero-order chi connectivity index (χ0) is 15.8. The van der Waals surface area contributed by atoms with Crippen molar-refractivity contribution in [3.8, 4) is 0 Å². The van der Waals surface area contributed by atoms with Crippen LogP contribution in [0.5, 0.6) is 0 Å². The number of benzene rings is 1. The molecule has 0 saturated heterocycles. The van der Waals surface area contributed by atoms with Crippen molar-refractivity contribution in [1.29, 1.82) is 0 Å². The lowest BCUT2D eigenvalue weighted by atomic mass is 10.1. The third kappa shape index (κ3) is 4.82. The predicted octanol–water partition coefficient (Wildman–Crippen LogP) is 4.70. The first-order valence-corrected chi connectivity index (χ1v) is 4.89. The van der Waals surface area contributed by atoms with Crippen molar-refractivity contribution in [2.45, 2.75) is 18.5 Å². The van der Waals surface area contributed by atoms with Crippen molar-refractivity contribution in [1.82, 2.24) is 0 Å². The van der Waals surface area contributed by atoms with E-state index in [-0.39, 0.29) is 18.2 Å². The van der Waals surface area contributed by atoms with E-state index >= 15 is 0 Å². The lowest BCUT2D eigenvalue weighted by Gasteiger charge is -2.15. The lowest BCUT2D eigenvalue weighted by Crippen LogP contribution is -2.22. The second-order valence-electron chi connectivity index (χ2n) is 3.76. The third-order valence-corrected chi connectivity index (χ3v) is 2.08. The molecule has 0 amide bonds. The van der Waals surface area contributed by atoms with Crippen molar-refractivity contribution in [3.05, 3.63) is 29.3 Å². The number of rotatable bonds is 2. The Kier molecular flexibility index (Phi) is 4.16. The molecule has 0 aromatic heterocycles. The standard InChI is InChI=1S/C10H6F9N/c11-8(12,13)4-20-7-2-5(9(14,15)16)1-6(3-7)10(17,18)19/h1-3,20H,4H2. The zero-order valence-electron chi connectivity index (χ0n) is 9.34. The summed E-state index contributed by atoms with van der Waals surface area (Å²) < 4.78 is 110. The first-order valence-electron chi connectivity index (χ1n) is 4.89. The maximum atomic E-state index is 12.4. The Morgan fingerprint density at radius 3 is 1.40 bits per heavy atom. The third-order valence-electron chi connectivity index (χ3n) is 2.08. The first kappa shape index (κ1) is 16.4. The maximum absolute atomic E-state index is 12.4. The number of hydrogen-bond donors (Lipinski definition) is 1. The molecule has 0 atom stereocenters. The molecule has 1 aromatic carbocycles. The van der Waals surface area contributed by atoms with E-state index in [1.807, 2.05) is 0 Å². The van der Waals surface area contributed by atoms with Gasteiger partial charge < -0.3 is 5.32 Å². The Hall–Kier alpha value is -1.61. The van der Waals surface area contributed by atoms with Crippen molar-refractivity contribution in [3.63, 3.8) is 0 Å². The van der Waals surface area contributed by atoms with E-state index in [1.54, 1.807) is 0 Å². The molecule has 0 aliphatic carbocycles. The molecule has 114 valence electrons. The van der Waals surface area contributed by atoms with Crippen molar-refractivity contribution in [2.24, 2.45) is 0 Å². The molecule has 20 heavy (non-hydrogen) atoms. The zero-order valence-corrected chi connectivity index (χ0v) is 9.34. The normalized spacial score (nSPS) is 13.4. The molecule has 1 rings (SSSR count). The second kappa shape index (κ2) is 5.06. The Morgan fingerprint density at radius 2 is 1.10 bits per heavy atom. The highest BCUT2D eigenvalue weighted by Crippen LogP contribution is 2.37. The van der Waals surface area contributed by atoms with E-state index in [0.29, 0.717) is 0 Å². The summed E-state index contributed by atoms with van der Waals surface area (Å²) in [6, 6.07) is 0.195. The number of hydrogen-bond acceptors (Lipinski definition) is 1. The van der Waals surface area contributed by atoms with Crippen LogP contribution in [-0.2, 0) is 12.4 Å². The van der Waals surface area contributed by atoms with E-state index < -0.39 is 41.9 Å². The monoisotopic (exact) mass is 311 g/mol. The van der Waals surface area contributed by atoms with Crippen LogP contribution in [0.4, 0.5) is 45.2 Å². The smallest absolute Gasteiger partial charge is 0.376 e. The summed E-state index contributed by atoms with van der Waals surface area (Å²) in [7, 11) is 0. The van der Waals surface area contributed by atoms with Gasteiger partial charge >= 0.3 is 18.5 Å². The van der Waals surface area contributed by atoms with Crippen LogP contribution in [0.25, 0.3) is 0 Å². The SMILES string of the molecule is FC(F)(F)CNc1cc(C(F)(F)F)cc(C(F)(F)F)c1. The quantitative estimate of drug-likeness (QED) is 0.781. The van der Waals surface area contributed by atoms with Gasteiger partial charge in [-0.05, 0) is 18.2 Å². The van der Waals surface area contributed by atoms with Gasteiger partial charge in [-0.1, -0.05) is 0 Å². The fourth-order valence-corrected chi connectivity index (χ4v) is 1.26. The summed E-state index contributed by atoms with van der Waals surface area (Å²) in [4.78, 5) is 0. The molecular weight excluding hydrogens is 305 g/mol. The van der Waals surface area contributed by atoms with Gasteiger partial charge in [-0.15, -0.1) is 0 Å². The van der Waals surface area contributed by atoms with Crippen molar-refractivity contribution < 1.29 is 39.5 Å². The summed E-state index contributed by atoms with van der Waals surface area (Å²) >= 11 is 0. The highest BCUT2D eigenvalue weighted by Gasteiger charge is 2.37. The first-order chi connectivity index (χ1) is 8.79. The minimum absolute atomic E-state index is 0.168. The van der Waals surface area contributed by atoms with Crippen molar-refractivity contribution in [2.75, 3.05) is 11.9 Å². The van der Waals surface area contributed by atoms with Crippen LogP contribution < -0.4 is 5.32 Å². The van der Waals surface area contributed by atoms with E-state index in [9.17, 15) is 39.5 Å². The summed E-state index contributed by atoms with van der Waals surface area (Å²) in [5.74, 6) is 0. The molecule has 0 radical (unpaired) electrons. The summed E-state index contributed by atoms with van der Waals surface area (Å²) in [5.41, 5.74) is -4.28. The molecule has 0 unspecified atom stereocenters. The Bertz CT molecular complexity index is 437. The average Bonchev–Trinajstić information content (AvgIpc) is 2.22. The molecule has 1 aromatic rings. The summed E-state index contributed by atoms with van der Waals surface area (Å²) in [5, 5.41) is 1.48. The van der Waals surface area contributed by atoms with Gasteiger partial charge in [0.1, 0.15) is 6.54 Å². The number of halogens is 9. The number of anilines is 1. The van der Waals surface area contributed by atoms with E-state index in [0.717, 1.165) is 0 Å². The van der Waals surface area contributed by atoms with Gasteiger partial charge in [0, 0.05) is 5.69 Å². The number of alkyl halides is 9. The van der Waals surface area contributed by atoms with E-state index in [4.69, 9.17) is 0 Å². The molecule has 0 aliphatic rings. The lowest BCUT2D eigenvalue weighted by molar-refractivity contribution is -0.143. The molecule has 0 aliphatic heterocycles. The van der Waals surface area contributed by atoms with Crippen molar-refractivity contribution >= 4 is 5.69 Å². The minimum Gasteiger partial charge on any atom is -0.376 e. The van der Waals surface area contributed by atoms with Crippen LogP contribution in [-0.4, -0.2) is 12.7 Å². The molecule has 0 saturated carbocycles. The molecule has 0 fully saturated rings. The topological polar surface area (TPSA) is 12.0 Å². The fourth-order valence-electron chi connectivity index (χ4n) is 1.26. The van der Waals surface area contributed by atoms with Gasteiger partial charge in [0.05, 0.1) is 11.1 Å². The molecule has 10 heteroatoms. The molecule has 0 heterocycles. The Balaban J connectivity index is 3.18. The van der Waals surface area contributed by atoms with Gasteiger partial charge in [-0.3, -0.25) is 0 Å². The second-order valence-corrected chi connectivity index (χ2v) is 3.76. The highest BCUT2D eigenvalue weighted by atomic mass is 19.4. The molecule has 1 N–H and O–H groups in total. The summed E-state index contributed by atoms with van der Waals surface area (Å²) in [6.45, 7) is -1.74. The average molecular weight is 311 g/mol. The molecular formula is C10H6F9N. The van der Waals surface area contributed by atoms with Gasteiger partial charge in [-0.2, -0.15) is 39.5 Å². The molecule has 1 nitrogen and oxygen atoms in total. The maximum Gasteiger partial charge on any atom is 0.416 e. The largest absolute Gasteiger partial charge is 0.416 e. The van der Waals surface area contributed by atoms with Gasteiger partial charge in [-0.25, -0.2) is 0 Å². The van der Waals surface area contributed by atoms with E-state index in [1.165, 1.54) is 5.32 Å². The van der Waals surface area contributed by atoms with Crippen LogP contribution in [0, 0.1) is 0 Å². The van der Waals surface area contributed by atoms with Gasteiger partial charge in [0.15, 0.2) is 0 Å². The van der Waals surface area contributed by atoms with Crippen LogP contribution in [0.1, 0.15) is 11.1 Å². The van der Waals surface area contributed by atoms with Crippen LogP contribution >= 0.6 is 0 Å². The van der Waals surface area contributed by atoms with E-state index in [2.05, 4.69) is 0 Å². The van der Waals surface area contributed by atoms with Gasteiger partial charge in [0.25, 0.3) is 0 Å². The van der Waals surface area contributed by atoms with Gasteiger partial charge in [0.2, 0.25) is 0 Å². The predicted molar refractivity (Wildman–Crippen MR) is 51.0 cm³/mol. The minimum atomic E-state index is -5.10. The van der Waals surface area contributed by atoms with Crippen LogP contribution in [0.15, 0.2) is 18.2 Å². The molecule has 0 spiro atoms. The fraction of sp³-hybridized carbons (Fsp3) is 0.400. The Morgan fingerprint density at radius 1 is 0.700 bits per heavy atom. The summed E-state index contributed by atoms with van der Waals surface area (Å²) in [6.07, 6.45) is -15.0. The van der Waals surface area contributed by atoms with Crippen LogP contribution in [0.3, 0.4) is 0 Å². The number of nitrogens with one attached hydrogen (secondary N) is 1. The molecule has 0 bridgehead atoms. The highest BCUT2D eigenvalue weighted by molar-refractivity contribution is 5.50. The van der Waals surface area contributed by atoms with Crippen LogP contribution in [0.2, 0.25) is 0 Å².